The van der Waals surface area contributed by atoms with E-state index in [0.29, 0.717) is 0 Å². The summed E-state index contributed by atoms with van der Waals surface area (Å²) in [6.07, 6.45) is 1.86. The van der Waals surface area contributed by atoms with Gasteiger partial charge in [0.1, 0.15) is 5.82 Å². The van der Waals surface area contributed by atoms with Crippen molar-refractivity contribution in [2.45, 2.75) is 26.2 Å². The van der Waals surface area contributed by atoms with Crippen LogP contribution >= 0.6 is 0 Å². The van der Waals surface area contributed by atoms with Crippen LogP contribution in [-0.4, -0.2) is 24.1 Å². The summed E-state index contributed by atoms with van der Waals surface area (Å²) in [5, 5.41) is 15.8. The Hall–Kier alpha value is -6.59. The second-order valence-electron chi connectivity index (χ2n) is 14.2. The van der Waals surface area contributed by atoms with Crippen molar-refractivity contribution >= 4 is 49.1 Å². The van der Waals surface area contributed by atoms with E-state index < -0.39 is 0 Å². The van der Waals surface area contributed by atoms with E-state index in [9.17, 15) is 0 Å². The molecular weight excluding hydrogens is 635 g/mol. The minimum Gasteiger partial charge on any atom is -0.294 e. The monoisotopic (exact) mass is 669 g/mol. The van der Waals surface area contributed by atoms with E-state index in [1.807, 2.05) is 18.3 Å². The topological polar surface area (TPSA) is 48.0 Å². The minimum atomic E-state index is -0.325. The van der Waals surface area contributed by atoms with Crippen molar-refractivity contribution in [2.24, 2.45) is 0 Å². The number of rotatable bonds is 5. The van der Waals surface area contributed by atoms with Gasteiger partial charge in [-0.3, -0.25) is 8.97 Å². The van der Waals surface area contributed by atoms with Crippen LogP contribution in [0.4, 0.5) is 0 Å². The van der Waals surface area contributed by atoms with E-state index in [1.165, 1.54) is 38.2 Å². The van der Waals surface area contributed by atoms with E-state index in [1.54, 1.807) is 0 Å². The average Bonchev–Trinajstić information content (AvgIpc) is 3.79. The van der Waals surface area contributed by atoms with Crippen LogP contribution in [0.25, 0.3) is 77.5 Å². The zero-order chi connectivity index (χ0) is 35.0. The van der Waals surface area contributed by atoms with Gasteiger partial charge in [-0.15, -0.1) is 10.2 Å². The molecule has 6 aromatic carbocycles. The molecule has 0 aliphatic carbocycles. The summed E-state index contributed by atoms with van der Waals surface area (Å²) in [6.45, 7) is 6.83. The fourth-order valence-corrected chi connectivity index (χ4v) is 8.19. The molecule has 4 aromatic heterocycles. The molecule has 0 aliphatic rings. The Morgan fingerprint density at radius 3 is 2.04 bits per heavy atom. The van der Waals surface area contributed by atoms with Crippen molar-refractivity contribution in [3.05, 3.63) is 175 Å². The fourth-order valence-electron chi connectivity index (χ4n) is 8.19. The van der Waals surface area contributed by atoms with Crippen LogP contribution in [0.15, 0.2) is 158 Å². The molecule has 0 atom stereocenters. The van der Waals surface area contributed by atoms with Crippen molar-refractivity contribution in [3.63, 3.8) is 0 Å². The van der Waals surface area contributed by atoms with Gasteiger partial charge in [0.15, 0.2) is 11.5 Å². The molecule has 5 heteroatoms. The van der Waals surface area contributed by atoms with Crippen LogP contribution in [0.2, 0.25) is 0 Å². The summed E-state index contributed by atoms with van der Waals surface area (Å²) in [7, 11) is 0. The molecule has 0 amide bonds. The molecule has 10 rings (SSSR count). The summed E-state index contributed by atoms with van der Waals surface area (Å²) in [6, 6.07) is 54.1. The number of para-hydroxylation sites is 1. The van der Waals surface area contributed by atoms with Gasteiger partial charge in [0, 0.05) is 38.7 Å². The van der Waals surface area contributed by atoms with E-state index >= 15 is 0 Å². The molecule has 0 fully saturated rings. The second kappa shape index (κ2) is 11.5. The van der Waals surface area contributed by atoms with E-state index in [0.717, 1.165) is 55.9 Å². The van der Waals surface area contributed by atoms with Crippen molar-refractivity contribution < 1.29 is 0 Å². The van der Waals surface area contributed by atoms with Gasteiger partial charge in [-0.25, -0.2) is 4.98 Å². The number of pyridine rings is 2. The van der Waals surface area contributed by atoms with Crippen LogP contribution in [-0.2, 0) is 5.41 Å². The van der Waals surface area contributed by atoms with E-state index in [4.69, 9.17) is 15.2 Å². The van der Waals surface area contributed by atoms with Crippen molar-refractivity contribution in [2.75, 3.05) is 0 Å². The van der Waals surface area contributed by atoms with Gasteiger partial charge in [0.05, 0.1) is 16.6 Å². The van der Waals surface area contributed by atoms with Crippen molar-refractivity contribution in [3.8, 4) is 28.3 Å². The lowest BCUT2D eigenvalue weighted by atomic mass is 9.77. The third-order valence-electron chi connectivity index (χ3n) is 10.9. The maximum Gasteiger partial charge on any atom is 0.169 e. The summed E-state index contributed by atoms with van der Waals surface area (Å²) < 4.78 is 4.55. The Bertz CT molecular complexity index is 2990. The highest BCUT2D eigenvalue weighted by Gasteiger charge is 2.27. The predicted molar refractivity (Wildman–Crippen MR) is 214 cm³/mol. The highest BCUT2D eigenvalue weighted by Crippen LogP contribution is 2.41. The predicted octanol–water partition coefficient (Wildman–Crippen LogP) is 11.5. The normalized spacial score (nSPS) is 12.1. The van der Waals surface area contributed by atoms with Gasteiger partial charge in [-0.05, 0) is 76.5 Å². The zero-order valence-corrected chi connectivity index (χ0v) is 29.2. The molecule has 10 aromatic rings. The lowest BCUT2D eigenvalue weighted by Crippen LogP contribution is -2.19. The number of aryl methyl sites for hydroxylation is 1. The third-order valence-corrected chi connectivity index (χ3v) is 10.9. The minimum absolute atomic E-state index is 0.325. The van der Waals surface area contributed by atoms with Gasteiger partial charge in [-0.2, -0.15) is 0 Å². The quantitative estimate of drug-likeness (QED) is 0.171. The Balaban J connectivity index is 1.20. The van der Waals surface area contributed by atoms with Gasteiger partial charge in [0.25, 0.3) is 0 Å². The molecule has 4 heterocycles. The molecule has 0 unspecified atom stereocenters. The Labute approximate surface area is 301 Å². The number of nitrogens with zero attached hydrogens (tertiary/aromatic N) is 5. The van der Waals surface area contributed by atoms with Gasteiger partial charge >= 0.3 is 0 Å². The molecule has 0 aliphatic heterocycles. The molecule has 52 heavy (non-hydrogen) atoms. The summed E-state index contributed by atoms with van der Waals surface area (Å²) in [4.78, 5) is 4.76. The molecular formula is C47H35N5. The second-order valence-corrected chi connectivity index (χ2v) is 14.2. The number of hydrogen-bond donors (Lipinski definition) is 0. The lowest BCUT2D eigenvalue weighted by molar-refractivity contribution is 0.642. The Kier molecular flexibility index (Phi) is 6.67. The van der Waals surface area contributed by atoms with E-state index in [2.05, 4.69) is 169 Å². The highest BCUT2D eigenvalue weighted by atomic mass is 15.2. The van der Waals surface area contributed by atoms with Crippen LogP contribution in [0.5, 0.6) is 0 Å². The standard InChI is InChI=1S/C47H35N5/c1-30-14-13-21-41-44(30)37-26-24-32(28-39(37)46-50-49-45(52(41)46)38-19-8-7-17-34(38)31-15-5-4-6-16-31)47(2,3)33-23-25-36-35-18-9-10-20-40(35)51(42(36)29-33)43-22-11-12-27-48-43/h4-29H,1-3H3. The number of fused-ring (bicyclic) bond motifs is 9. The van der Waals surface area contributed by atoms with Crippen molar-refractivity contribution in [1.82, 2.24) is 24.1 Å². The first kappa shape index (κ1) is 30.3. The maximum atomic E-state index is 4.95. The Morgan fingerprint density at radius 2 is 1.21 bits per heavy atom. The number of hydrogen-bond acceptors (Lipinski definition) is 3. The van der Waals surface area contributed by atoms with Gasteiger partial charge < -0.3 is 0 Å². The van der Waals surface area contributed by atoms with Crippen LogP contribution in [0.3, 0.4) is 0 Å². The van der Waals surface area contributed by atoms with Gasteiger partial charge in [0.2, 0.25) is 0 Å². The number of benzene rings is 6. The van der Waals surface area contributed by atoms with Crippen LogP contribution in [0, 0.1) is 6.92 Å². The summed E-state index contributed by atoms with van der Waals surface area (Å²) in [5.41, 5.74) is 10.9. The SMILES string of the molecule is Cc1cccc2c1c1ccc(C(C)(C)c3ccc4c5ccccc5n(-c5ccccn5)c4c3)cc1c1nnc(-c3ccccc3-c3ccccc3)n21. The maximum absolute atomic E-state index is 4.95. The third kappa shape index (κ3) is 4.45. The highest BCUT2D eigenvalue weighted by molar-refractivity contribution is 6.14. The molecule has 0 spiro atoms. The molecule has 5 nitrogen and oxygen atoms in total. The summed E-state index contributed by atoms with van der Waals surface area (Å²) >= 11 is 0. The lowest BCUT2D eigenvalue weighted by Gasteiger charge is -2.27. The molecule has 0 N–H and O–H groups in total. The summed E-state index contributed by atoms with van der Waals surface area (Å²) in [5.74, 6) is 1.75. The first-order chi connectivity index (χ1) is 25.5. The first-order valence-electron chi connectivity index (χ1n) is 17.8. The van der Waals surface area contributed by atoms with Crippen LogP contribution in [0.1, 0.15) is 30.5 Å². The smallest absolute Gasteiger partial charge is 0.169 e. The average molecular weight is 670 g/mol. The molecule has 0 radical (unpaired) electrons. The molecule has 248 valence electrons. The zero-order valence-electron chi connectivity index (χ0n) is 29.2. The Morgan fingerprint density at radius 1 is 0.519 bits per heavy atom. The van der Waals surface area contributed by atoms with Crippen LogP contribution < -0.4 is 0 Å². The molecule has 0 bridgehead atoms. The number of aromatic nitrogens is 5. The fraction of sp³-hybridized carbons (Fsp3) is 0.0851. The molecule has 0 saturated heterocycles. The van der Waals surface area contributed by atoms with Gasteiger partial charge in [-0.1, -0.05) is 129 Å². The van der Waals surface area contributed by atoms with E-state index in [-0.39, 0.29) is 5.41 Å². The molecule has 0 saturated carbocycles. The first-order valence-corrected chi connectivity index (χ1v) is 17.8. The largest absolute Gasteiger partial charge is 0.294 e. The van der Waals surface area contributed by atoms with Crippen molar-refractivity contribution in [1.29, 1.82) is 0 Å².